The van der Waals surface area contributed by atoms with Crippen LogP contribution in [0.3, 0.4) is 0 Å². The molecule has 0 aliphatic carbocycles. The maximum atomic E-state index is 12.8. The number of rotatable bonds is 7. The van der Waals surface area contributed by atoms with Gasteiger partial charge in [0.25, 0.3) is 0 Å². The lowest BCUT2D eigenvalue weighted by atomic mass is 10.2. The van der Waals surface area contributed by atoms with E-state index in [4.69, 9.17) is 9.47 Å². The Morgan fingerprint density at radius 2 is 1.56 bits per heavy atom. The van der Waals surface area contributed by atoms with E-state index in [9.17, 15) is 13.5 Å². The molecule has 0 unspecified atom stereocenters. The zero-order chi connectivity index (χ0) is 19.3. The van der Waals surface area contributed by atoms with Gasteiger partial charge in [-0.2, -0.15) is 4.31 Å². The molecule has 2 heterocycles. The summed E-state index contributed by atoms with van der Waals surface area (Å²) >= 11 is 0. The second kappa shape index (κ2) is 9.31. The molecule has 27 heavy (non-hydrogen) atoms. The maximum absolute atomic E-state index is 12.8. The number of aliphatic hydroxyl groups is 1. The third-order valence-electron chi connectivity index (χ3n) is 5.07. The number of sulfonamides is 1. The lowest BCUT2D eigenvalue weighted by Crippen LogP contribution is -2.52. The van der Waals surface area contributed by atoms with Gasteiger partial charge in [0.2, 0.25) is 10.0 Å². The van der Waals surface area contributed by atoms with Gasteiger partial charge in [0.1, 0.15) is 5.75 Å². The van der Waals surface area contributed by atoms with Crippen LogP contribution in [0.2, 0.25) is 0 Å². The normalized spacial score (nSPS) is 21.9. The fraction of sp³-hybridized carbons (Fsp3) is 0.667. The molecule has 0 amide bonds. The first-order valence-corrected chi connectivity index (χ1v) is 10.8. The van der Waals surface area contributed by atoms with Gasteiger partial charge in [0.05, 0.1) is 31.3 Å². The molecule has 1 N–H and O–H groups in total. The Hall–Kier alpha value is -1.23. The van der Waals surface area contributed by atoms with Crippen molar-refractivity contribution in [1.82, 2.24) is 14.1 Å². The number of aliphatic hydroxyl groups excluding tert-OH is 1. The van der Waals surface area contributed by atoms with Crippen LogP contribution >= 0.6 is 0 Å². The SMILES string of the molecule is COc1ccc(S(=O)(=O)N2CCN(C[C@H](O)CN3CCOCC3)CC2)cc1. The Labute approximate surface area is 161 Å². The summed E-state index contributed by atoms with van der Waals surface area (Å²) in [5, 5.41) is 10.3. The predicted molar refractivity (Wildman–Crippen MR) is 101 cm³/mol. The lowest BCUT2D eigenvalue weighted by molar-refractivity contribution is 0.00469. The number of β-amino-alcohol motifs (C(OH)–C–C–N with tert-alkyl or cyclic N) is 1. The Balaban J connectivity index is 1.48. The fourth-order valence-electron chi connectivity index (χ4n) is 3.49. The van der Waals surface area contributed by atoms with E-state index in [1.54, 1.807) is 31.4 Å². The zero-order valence-corrected chi connectivity index (χ0v) is 16.6. The van der Waals surface area contributed by atoms with E-state index in [0.717, 1.165) is 13.1 Å². The van der Waals surface area contributed by atoms with E-state index in [1.807, 2.05) is 0 Å². The molecule has 8 nitrogen and oxygen atoms in total. The minimum Gasteiger partial charge on any atom is -0.497 e. The largest absolute Gasteiger partial charge is 0.497 e. The molecule has 0 radical (unpaired) electrons. The Morgan fingerprint density at radius 3 is 2.11 bits per heavy atom. The summed E-state index contributed by atoms with van der Waals surface area (Å²) in [7, 11) is -1.94. The monoisotopic (exact) mass is 399 g/mol. The van der Waals surface area contributed by atoms with Crippen LogP contribution < -0.4 is 4.74 Å². The van der Waals surface area contributed by atoms with E-state index >= 15 is 0 Å². The van der Waals surface area contributed by atoms with Gasteiger partial charge < -0.3 is 14.6 Å². The topological polar surface area (TPSA) is 82.6 Å². The van der Waals surface area contributed by atoms with Crippen LogP contribution in [0.15, 0.2) is 29.2 Å². The second-order valence-electron chi connectivity index (χ2n) is 6.95. The number of hydrogen-bond acceptors (Lipinski definition) is 7. The highest BCUT2D eigenvalue weighted by Gasteiger charge is 2.29. The molecule has 2 aliphatic heterocycles. The molecule has 152 valence electrons. The Morgan fingerprint density at radius 1 is 1.00 bits per heavy atom. The summed E-state index contributed by atoms with van der Waals surface area (Å²) in [6.45, 7) is 6.43. The molecule has 2 fully saturated rings. The van der Waals surface area contributed by atoms with Gasteiger partial charge in [0, 0.05) is 52.4 Å². The van der Waals surface area contributed by atoms with E-state index in [2.05, 4.69) is 9.80 Å². The molecule has 0 bridgehead atoms. The third kappa shape index (κ3) is 5.40. The highest BCUT2D eigenvalue weighted by atomic mass is 32.2. The van der Waals surface area contributed by atoms with Gasteiger partial charge in [-0.1, -0.05) is 0 Å². The molecule has 3 rings (SSSR count). The minimum atomic E-state index is -3.50. The summed E-state index contributed by atoms with van der Waals surface area (Å²) in [6.07, 6.45) is -0.437. The first-order chi connectivity index (χ1) is 13.0. The molecule has 0 spiro atoms. The van der Waals surface area contributed by atoms with Crippen molar-refractivity contribution in [1.29, 1.82) is 0 Å². The summed E-state index contributed by atoms with van der Waals surface area (Å²) < 4.78 is 37.5. The van der Waals surface area contributed by atoms with Crippen LogP contribution in [0.5, 0.6) is 5.75 Å². The standard InChI is InChI=1S/C18H29N3O5S/c1-25-17-2-4-18(5-3-17)27(23,24)21-8-6-19(7-9-21)14-16(22)15-20-10-12-26-13-11-20/h2-5,16,22H,6-15H2,1H3/t16-/m0/s1. The molecule has 0 aromatic heterocycles. The average molecular weight is 400 g/mol. The number of hydrogen-bond donors (Lipinski definition) is 1. The third-order valence-corrected chi connectivity index (χ3v) is 6.98. The van der Waals surface area contributed by atoms with Crippen molar-refractivity contribution in [3.63, 3.8) is 0 Å². The van der Waals surface area contributed by atoms with Crippen molar-refractivity contribution in [2.45, 2.75) is 11.0 Å². The lowest BCUT2D eigenvalue weighted by Gasteiger charge is -2.36. The molecular formula is C18H29N3O5S. The van der Waals surface area contributed by atoms with Crippen molar-refractivity contribution in [3.05, 3.63) is 24.3 Å². The molecule has 2 aliphatic rings. The van der Waals surface area contributed by atoms with Gasteiger partial charge >= 0.3 is 0 Å². The van der Waals surface area contributed by atoms with Crippen molar-refractivity contribution in [3.8, 4) is 5.75 Å². The smallest absolute Gasteiger partial charge is 0.243 e. The van der Waals surface area contributed by atoms with Crippen molar-refractivity contribution >= 4 is 10.0 Å². The first kappa shape index (κ1) is 20.5. The average Bonchev–Trinajstić information content (AvgIpc) is 2.69. The first-order valence-electron chi connectivity index (χ1n) is 9.34. The number of ether oxygens (including phenoxy) is 2. The predicted octanol–water partition coefficient (Wildman–Crippen LogP) is -0.305. The molecule has 1 aromatic rings. The molecule has 1 atom stereocenters. The number of morpholine rings is 1. The van der Waals surface area contributed by atoms with Crippen LogP contribution in [-0.2, 0) is 14.8 Å². The molecular weight excluding hydrogens is 370 g/mol. The molecule has 2 saturated heterocycles. The minimum absolute atomic E-state index is 0.282. The van der Waals surface area contributed by atoms with E-state index in [-0.39, 0.29) is 4.90 Å². The van der Waals surface area contributed by atoms with Gasteiger partial charge in [-0.15, -0.1) is 0 Å². The maximum Gasteiger partial charge on any atom is 0.243 e. The molecule has 0 saturated carbocycles. The molecule has 9 heteroatoms. The highest BCUT2D eigenvalue weighted by molar-refractivity contribution is 7.89. The Bertz CT molecular complexity index is 683. The highest BCUT2D eigenvalue weighted by Crippen LogP contribution is 2.20. The van der Waals surface area contributed by atoms with Crippen LogP contribution in [-0.4, -0.2) is 106 Å². The fourth-order valence-corrected chi connectivity index (χ4v) is 4.91. The van der Waals surface area contributed by atoms with Crippen LogP contribution in [0.1, 0.15) is 0 Å². The number of methoxy groups -OCH3 is 1. The van der Waals surface area contributed by atoms with Gasteiger partial charge in [0.15, 0.2) is 0 Å². The summed E-state index contributed by atoms with van der Waals surface area (Å²) in [6, 6.07) is 6.47. The van der Waals surface area contributed by atoms with Crippen LogP contribution in [0, 0.1) is 0 Å². The van der Waals surface area contributed by atoms with E-state index < -0.39 is 16.1 Å². The second-order valence-corrected chi connectivity index (χ2v) is 8.88. The van der Waals surface area contributed by atoms with Crippen LogP contribution in [0.4, 0.5) is 0 Å². The molecule has 1 aromatic carbocycles. The quantitative estimate of drug-likeness (QED) is 0.674. The number of piperazine rings is 1. The van der Waals surface area contributed by atoms with Gasteiger partial charge in [-0.25, -0.2) is 8.42 Å². The summed E-state index contributed by atoms with van der Waals surface area (Å²) in [5.74, 6) is 0.632. The number of nitrogens with zero attached hydrogens (tertiary/aromatic N) is 3. The van der Waals surface area contributed by atoms with E-state index in [1.165, 1.54) is 4.31 Å². The van der Waals surface area contributed by atoms with Gasteiger partial charge in [-0.05, 0) is 24.3 Å². The summed E-state index contributed by atoms with van der Waals surface area (Å²) in [5.41, 5.74) is 0. The number of benzene rings is 1. The van der Waals surface area contributed by atoms with Crippen molar-refractivity contribution in [2.24, 2.45) is 0 Å². The summed E-state index contributed by atoms with van der Waals surface area (Å²) in [4.78, 5) is 4.62. The van der Waals surface area contributed by atoms with Crippen LogP contribution in [0.25, 0.3) is 0 Å². The van der Waals surface area contributed by atoms with Crippen molar-refractivity contribution in [2.75, 3.05) is 72.7 Å². The Kier molecular flexibility index (Phi) is 7.07. The van der Waals surface area contributed by atoms with Gasteiger partial charge in [-0.3, -0.25) is 9.80 Å². The zero-order valence-electron chi connectivity index (χ0n) is 15.8. The van der Waals surface area contributed by atoms with Crippen molar-refractivity contribution < 1.29 is 23.0 Å². The van der Waals surface area contributed by atoms with E-state index in [0.29, 0.717) is 58.2 Å².